The number of ether oxygens (including phenoxy) is 2. The normalized spacial score (nSPS) is 17.3. The van der Waals surface area contributed by atoms with Crippen molar-refractivity contribution in [2.75, 3.05) is 6.61 Å². The molecule has 21 heavy (non-hydrogen) atoms. The van der Waals surface area contributed by atoms with E-state index < -0.39 is 5.97 Å². The average molecular weight is 305 g/mol. The SMILES string of the molecule is CCOC(=O)C1=C(N)Oc2n[nH]c(C)c2C1c1cccs1. The van der Waals surface area contributed by atoms with Crippen LogP contribution in [0.25, 0.3) is 0 Å². The van der Waals surface area contributed by atoms with E-state index >= 15 is 0 Å². The van der Waals surface area contributed by atoms with E-state index in [1.165, 1.54) is 0 Å². The van der Waals surface area contributed by atoms with E-state index in [1.807, 2.05) is 24.4 Å². The highest BCUT2D eigenvalue weighted by Gasteiger charge is 2.38. The van der Waals surface area contributed by atoms with Crippen LogP contribution in [0.5, 0.6) is 5.88 Å². The first-order chi connectivity index (χ1) is 10.1. The lowest BCUT2D eigenvalue weighted by molar-refractivity contribution is -0.139. The molecule has 2 aromatic rings. The molecule has 3 heterocycles. The summed E-state index contributed by atoms with van der Waals surface area (Å²) in [6, 6.07) is 3.90. The van der Waals surface area contributed by atoms with Crippen molar-refractivity contribution in [1.82, 2.24) is 10.2 Å². The van der Waals surface area contributed by atoms with Gasteiger partial charge in [-0.05, 0) is 25.3 Å². The first kappa shape index (κ1) is 13.7. The Hall–Kier alpha value is -2.28. The second-order valence-electron chi connectivity index (χ2n) is 4.62. The smallest absolute Gasteiger partial charge is 0.340 e. The number of nitrogens with zero attached hydrogens (tertiary/aromatic N) is 1. The van der Waals surface area contributed by atoms with E-state index in [0.29, 0.717) is 11.5 Å². The number of esters is 1. The molecule has 3 N–H and O–H groups in total. The van der Waals surface area contributed by atoms with Gasteiger partial charge in [-0.25, -0.2) is 4.79 Å². The second-order valence-corrected chi connectivity index (χ2v) is 5.60. The molecule has 110 valence electrons. The molecule has 0 spiro atoms. The van der Waals surface area contributed by atoms with Crippen LogP contribution in [-0.2, 0) is 9.53 Å². The summed E-state index contributed by atoms with van der Waals surface area (Å²) in [4.78, 5) is 13.3. The van der Waals surface area contributed by atoms with Crippen LogP contribution in [0.4, 0.5) is 0 Å². The number of nitrogens with two attached hydrogens (primary N) is 1. The second kappa shape index (κ2) is 5.25. The first-order valence-corrected chi connectivity index (χ1v) is 7.44. The van der Waals surface area contributed by atoms with Gasteiger partial charge < -0.3 is 15.2 Å². The summed E-state index contributed by atoms with van der Waals surface area (Å²) < 4.78 is 10.6. The van der Waals surface area contributed by atoms with Gasteiger partial charge in [-0.1, -0.05) is 6.07 Å². The zero-order valence-electron chi connectivity index (χ0n) is 11.7. The van der Waals surface area contributed by atoms with Crippen LogP contribution in [0.2, 0.25) is 0 Å². The largest absolute Gasteiger partial charge is 0.462 e. The Morgan fingerprint density at radius 3 is 3.10 bits per heavy atom. The number of carbonyl (C=O) groups excluding carboxylic acids is 1. The average Bonchev–Trinajstić information content (AvgIpc) is 3.08. The predicted octanol–water partition coefficient (Wildman–Crippen LogP) is 2.04. The third kappa shape index (κ3) is 2.19. The van der Waals surface area contributed by atoms with E-state index in [2.05, 4.69) is 10.2 Å². The predicted molar refractivity (Wildman–Crippen MR) is 78.0 cm³/mol. The quantitative estimate of drug-likeness (QED) is 0.847. The molecule has 0 bridgehead atoms. The standard InChI is InChI=1S/C14H15N3O3S/c1-3-19-14(18)11-10(8-5-4-6-21-8)9-7(2)16-17-13(9)20-12(11)15/h4-6,10H,3,15H2,1-2H3,(H,16,17). The highest BCUT2D eigenvalue weighted by Crippen LogP contribution is 2.44. The first-order valence-electron chi connectivity index (χ1n) is 6.56. The molecule has 7 heteroatoms. The Labute approximate surface area is 125 Å². The summed E-state index contributed by atoms with van der Waals surface area (Å²) in [5.41, 5.74) is 7.94. The van der Waals surface area contributed by atoms with E-state index in [0.717, 1.165) is 16.1 Å². The molecule has 1 aliphatic heterocycles. The van der Waals surface area contributed by atoms with E-state index in [9.17, 15) is 4.79 Å². The zero-order valence-corrected chi connectivity index (χ0v) is 12.5. The lowest BCUT2D eigenvalue weighted by Gasteiger charge is -2.24. The molecule has 0 amide bonds. The van der Waals surface area contributed by atoms with E-state index in [4.69, 9.17) is 15.2 Å². The summed E-state index contributed by atoms with van der Waals surface area (Å²) in [7, 11) is 0. The maximum Gasteiger partial charge on any atom is 0.340 e. The minimum Gasteiger partial charge on any atom is -0.462 e. The summed E-state index contributed by atoms with van der Waals surface area (Å²) in [6.45, 7) is 3.93. The van der Waals surface area contributed by atoms with Crippen molar-refractivity contribution in [3.63, 3.8) is 0 Å². The Kier molecular flexibility index (Phi) is 3.42. The van der Waals surface area contributed by atoms with Crippen LogP contribution in [0.15, 0.2) is 29.0 Å². The highest BCUT2D eigenvalue weighted by molar-refractivity contribution is 7.10. The number of hydrogen-bond acceptors (Lipinski definition) is 6. The van der Waals surface area contributed by atoms with Gasteiger partial charge in [0.15, 0.2) is 0 Å². The Morgan fingerprint density at radius 1 is 1.62 bits per heavy atom. The molecule has 1 atom stereocenters. The van der Waals surface area contributed by atoms with Crippen molar-refractivity contribution in [2.24, 2.45) is 5.73 Å². The van der Waals surface area contributed by atoms with Gasteiger partial charge in [-0.2, -0.15) is 0 Å². The lowest BCUT2D eigenvalue weighted by atomic mass is 9.88. The Balaban J connectivity index is 2.16. The third-order valence-corrected chi connectivity index (χ3v) is 4.27. The van der Waals surface area contributed by atoms with E-state index in [1.54, 1.807) is 18.3 Å². The van der Waals surface area contributed by atoms with Gasteiger partial charge in [0.25, 0.3) is 0 Å². The van der Waals surface area contributed by atoms with Gasteiger partial charge in [0, 0.05) is 10.6 Å². The molecule has 0 radical (unpaired) electrons. The summed E-state index contributed by atoms with van der Waals surface area (Å²) in [6.07, 6.45) is 0. The molecule has 3 rings (SSSR count). The van der Waals surface area contributed by atoms with Crippen molar-refractivity contribution in [3.05, 3.63) is 45.1 Å². The fourth-order valence-electron chi connectivity index (χ4n) is 2.45. The molecule has 0 fully saturated rings. The Morgan fingerprint density at radius 2 is 2.43 bits per heavy atom. The topological polar surface area (TPSA) is 90.2 Å². The van der Waals surface area contributed by atoms with E-state index in [-0.39, 0.29) is 18.4 Å². The summed E-state index contributed by atoms with van der Waals surface area (Å²) >= 11 is 1.55. The summed E-state index contributed by atoms with van der Waals surface area (Å²) in [5.74, 6) is -0.312. The molecule has 6 nitrogen and oxygen atoms in total. The molecule has 0 aromatic carbocycles. The minimum atomic E-state index is -0.459. The van der Waals surface area contributed by atoms with Gasteiger partial charge in [-0.15, -0.1) is 16.4 Å². The molecule has 1 unspecified atom stereocenters. The number of rotatable bonds is 3. The number of nitrogens with one attached hydrogen (secondary N) is 1. The number of hydrogen-bond donors (Lipinski definition) is 2. The van der Waals surface area contributed by atoms with Crippen LogP contribution in [0.3, 0.4) is 0 Å². The lowest BCUT2D eigenvalue weighted by Crippen LogP contribution is -2.27. The van der Waals surface area contributed by atoms with Crippen molar-refractivity contribution >= 4 is 17.3 Å². The monoisotopic (exact) mass is 305 g/mol. The van der Waals surface area contributed by atoms with Gasteiger partial charge in [0.05, 0.1) is 18.1 Å². The van der Waals surface area contributed by atoms with Gasteiger partial charge in [0.2, 0.25) is 11.8 Å². The number of carbonyl (C=O) groups is 1. The highest BCUT2D eigenvalue weighted by atomic mass is 32.1. The third-order valence-electron chi connectivity index (χ3n) is 3.33. The molecule has 2 aromatic heterocycles. The van der Waals surface area contributed by atoms with Crippen LogP contribution in [0, 0.1) is 6.92 Å². The number of thiophene rings is 1. The maximum atomic E-state index is 12.3. The van der Waals surface area contributed by atoms with Crippen LogP contribution in [0.1, 0.15) is 29.0 Å². The minimum absolute atomic E-state index is 0.0471. The molecule has 0 saturated carbocycles. The fourth-order valence-corrected chi connectivity index (χ4v) is 3.29. The molecular formula is C14H15N3O3S. The number of H-pyrrole nitrogens is 1. The van der Waals surface area contributed by atoms with Gasteiger partial charge >= 0.3 is 5.97 Å². The van der Waals surface area contributed by atoms with Crippen LogP contribution in [-0.4, -0.2) is 22.8 Å². The number of aryl methyl sites for hydroxylation is 1. The van der Waals surface area contributed by atoms with Crippen molar-refractivity contribution in [1.29, 1.82) is 0 Å². The Bertz CT molecular complexity index is 703. The van der Waals surface area contributed by atoms with Crippen LogP contribution >= 0.6 is 11.3 Å². The molecule has 1 aliphatic rings. The van der Waals surface area contributed by atoms with Crippen LogP contribution < -0.4 is 10.5 Å². The zero-order chi connectivity index (χ0) is 15.0. The summed E-state index contributed by atoms with van der Waals surface area (Å²) in [5, 5.41) is 8.93. The molecule has 0 aliphatic carbocycles. The van der Waals surface area contributed by atoms with Gasteiger partial charge in [-0.3, -0.25) is 5.10 Å². The van der Waals surface area contributed by atoms with Crippen molar-refractivity contribution < 1.29 is 14.3 Å². The van der Waals surface area contributed by atoms with Crippen molar-refractivity contribution in [3.8, 4) is 5.88 Å². The molecule has 0 saturated heterocycles. The number of fused-ring (bicyclic) bond motifs is 1. The maximum absolute atomic E-state index is 12.3. The fraction of sp³-hybridized carbons (Fsp3) is 0.286. The van der Waals surface area contributed by atoms with Gasteiger partial charge in [0.1, 0.15) is 5.57 Å². The number of aromatic nitrogens is 2. The van der Waals surface area contributed by atoms with Crippen molar-refractivity contribution in [2.45, 2.75) is 19.8 Å². The number of aromatic amines is 1. The molecular weight excluding hydrogens is 290 g/mol.